The summed E-state index contributed by atoms with van der Waals surface area (Å²) >= 11 is 0. The normalized spacial score (nSPS) is 20.0. The number of hydrogen-bond acceptors (Lipinski definition) is 5. The number of aromatic nitrogens is 1. The highest BCUT2D eigenvalue weighted by atomic mass is 16.6. The Morgan fingerprint density at radius 2 is 2.44 bits per heavy atom. The van der Waals surface area contributed by atoms with Gasteiger partial charge in [-0.2, -0.15) is 0 Å². The molecule has 1 N–H and O–H groups in total. The van der Waals surface area contributed by atoms with E-state index in [9.17, 15) is 10.1 Å². The van der Waals surface area contributed by atoms with E-state index in [-0.39, 0.29) is 10.6 Å². The van der Waals surface area contributed by atoms with Crippen LogP contribution in [0.2, 0.25) is 0 Å². The molecule has 1 aliphatic rings. The molecule has 0 spiro atoms. The number of nitrogens with one attached hydrogen (secondary N) is 1. The molecule has 1 fully saturated rings. The molecule has 1 aliphatic heterocycles. The zero-order valence-electron chi connectivity index (χ0n) is 10.7. The Morgan fingerprint density at radius 1 is 1.67 bits per heavy atom. The maximum Gasteiger partial charge on any atom is 0.311 e. The first kappa shape index (κ1) is 12.8. The lowest BCUT2D eigenvalue weighted by Crippen LogP contribution is -2.19. The van der Waals surface area contributed by atoms with E-state index >= 15 is 0 Å². The van der Waals surface area contributed by atoms with Crippen molar-refractivity contribution >= 4 is 11.5 Å². The van der Waals surface area contributed by atoms with E-state index in [1.165, 1.54) is 0 Å². The van der Waals surface area contributed by atoms with E-state index in [1.807, 2.05) is 0 Å². The van der Waals surface area contributed by atoms with Gasteiger partial charge in [0.15, 0.2) is 0 Å². The first-order chi connectivity index (χ1) is 8.56. The van der Waals surface area contributed by atoms with Crippen molar-refractivity contribution in [2.24, 2.45) is 5.92 Å². The van der Waals surface area contributed by atoms with Gasteiger partial charge in [0, 0.05) is 25.4 Å². The summed E-state index contributed by atoms with van der Waals surface area (Å²) in [7, 11) is 2.09. The van der Waals surface area contributed by atoms with Gasteiger partial charge in [0.2, 0.25) is 5.82 Å². The SMILES string of the molecule is Cc1cnc(NCC2CCN(C)C2)c([N+](=O)[O-])c1. The lowest BCUT2D eigenvalue weighted by Gasteiger charge is -2.12. The van der Waals surface area contributed by atoms with Crippen LogP contribution in [0.15, 0.2) is 12.3 Å². The van der Waals surface area contributed by atoms with E-state index < -0.39 is 0 Å². The zero-order chi connectivity index (χ0) is 13.1. The Morgan fingerprint density at radius 3 is 3.06 bits per heavy atom. The summed E-state index contributed by atoms with van der Waals surface area (Å²) in [4.78, 5) is 16.9. The van der Waals surface area contributed by atoms with E-state index in [1.54, 1.807) is 19.2 Å². The smallest absolute Gasteiger partial charge is 0.311 e. The highest BCUT2D eigenvalue weighted by molar-refractivity contribution is 5.56. The number of nitro groups is 1. The maximum absolute atomic E-state index is 10.9. The van der Waals surface area contributed by atoms with Crippen LogP contribution in [0.25, 0.3) is 0 Å². The number of pyridine rings is 1. The lowest BCUT2D eigenvalue weighted by atomic mass is 10.1. The minimum absolute atomic E-state index is 0.0568. The van der Waals surface area contributed by atoms with Gasteiger partial charge in [0.05, 0.1) is 4.92 Å². The van der Waals surface area contributed by atoms with Crippen LogP contribution in [0.1, 0.15) is 12.0 Å². The molecule has 1 atom stereocenters. The largest absolute Gasteiger partial charge is 0.364 e. The van der Waals surface area contributed by atoms with Gasteiger partial charge in [-0.25, -0.2) is 4.98 Å². The summed E-state index contributed by atoms with van der Waals surface area (Å²) in [6.07, 6.45) is 2.78. The minimum Gasteiger partial charge on any atom is -0.364 e. The predicted octanol–water partition coefficient (Wildman–Crippen LogP) is 1.66. The molecule has 0 saturated carbocycles. The fourth-order valence-corrected chi connectivity index (χ4v) is 2.26. The first-order valence-electron chi connectivity index (χ1n) is 6.09. The quantitative estimate of drug-likeness (QED) is 0.650. The Labute approximate surface area is 106 Å². The highest BCUT2D eigenvalue weighted by Crippen LogP contribution is 2.23. The Kier molecular flexibility index (Phi) is 3.76. The van der Waals surface area contributed by atoms with Gasteiger partial charge in [-0.1, -0.05) is 0 Å². The molecular formula is C12H18N4O2. The lowest BCUT2D eigenvalue weighted by molar-refractivity contribution is -0.384. The number of nitrogens with zero attached hydrogens (tertiary/aromatic N) is 3. The maximum atomic E-state index is 10.9. The van der Waals surface area contributed by atoms with Gasteiger partial charge >= 0.3 is 5.69 Å². The molecule has 2 heterocycles. The highest BCUT2D eigenvalue weighted by Gasteiger charge is 2.21. The summed E-state index contributed by atoms with van der Waals surface area (Å²) < 4.78 is 0. The number of anilines is 1. The third-order valence-electron chi connectivity index (χ3n) is 3.25. The molecule has 0 bridgehead atoms. The van der Waals surface area contributed by atoms with Gasteiger partial charge in [0.25, 0.3) is 0 Å². The summed E-state index contributed by atoms with van der Waals surface area (Å²) in [5, 5.41) is 14.0. The van der Waals surface area contributed by atoms with Crippen molar-refractivity contribution in [2.45, 2.75) is 13.3 Å². The number of hydrogen-bond donors (Lipinski definition) is 1. The Hall–Kier alpha value is -1.69. The van der Waals surface area contributed by atoms with Crippen LogP contribution < -0.4 is 5.32 Å². The van der Waals surface area contributed by atoms with Crippen LogP contribution >= 0.6 is 0 Å². The molecule has 0 radical (unpaired) electrons. The number of likely N-dealkylation sites (tertiary alicyclic amines) is 1. The van der Waals surface area contributed by atoms with Crippen LogP contribution in [0.4, 0.5) is 11.5 Å². The minimum atomic E-state index is -0.386. The second-order valence-electron chi connectivity index (χ2n) is 4.94. The van der Waals surface area contributed by atoms with E-state index in [2.05, 4.69) is 22.2 Å². The van der Waals surface area contributed by atoms with Gasteiger partial charge in [0.1, 0.15) is 0 Å². The van der Waals surface area contributed by atoms with Crippen molar-refractivity contribution in [3.05, 3.63) is 27.9 Å². The van der Waals surface area contributed by atoms with Gasteiger partial charge in [-0.15, -0.1) is 0 Å². The van der Waals surface area contributed by atoms with Gasteiger partial charge < -0.3 is 10.2 Å². The predicted molar refractivity (Wildman–Crippen MR) is 69.7 cm³/mol. The summed E-state index contributed by atoms with van der Waals surface area (Å²) in [5.41, 5.74) is 0.856. The Balaban J connectivity index is 2.02. The molecule has 1 unspecified atom stereocenters. The van der Waals surface area contributed by atoms with Gasteiger partial charge in [-0.05, 0) is 38.4 Å². The summed E-state index contributed by atoms with van der Waals surface area (Å²) in [5.74, 6) is 0.915. The molecule has 6 nitrogen and oxygen atoms in total. The number of aryl methyl sites for hydroxylation is 1. The molecule has 0 aromatic carbocycles. The van der Waals surface area contributed by atoms with Crippen molar-refractivity contribution in [3.8, 4) is 0 Å². The molecule has 6 heteroatoms. The first-order valence-corrected chi connectivity index (χ1v) is 6.09. The van der Waals surface area contributed by atoms with Crippen LogP contribution in [0.3, 0.4) is 0 Å². The molecule has 0 aliphatic carbocycles. The average Bonchev–Trinajstić information content (AvgIpc) is 2.73. The van der Waals surface area contributed by atoms with Crippen molar-refractivity contribution < 1.29 is 4.92 Å². The van der Waals surface area contributed by atoms with Crippen LogP contribution in [0, 0.1) is 23.0 Å². The topological polar surface area (TPSA) is 71.3 Å². The van der Waals surface area contributed by atoms with E-state index in [0.29, 0.717) is 11.7 Å². The van der Waals surface area contributed by atoms with Crippen molar-refractivity contribution in [2.75, 3.05) is 32.0 Å². The molecule has 98 valence electrons. The van der Waals surface area contributed by atoms with Crippen molar-refractivity contribution in [1.82, 2.24) is 9.88 Å². The van der Waals surface area contributed by atoms with Gasteiger partial charge in [-0.3, -0.25) is 10.1 Å². The third kappa shape index (κ3) is 2.95. The van der Waals surface area contributed by atoms with Crippen LogP contribution in [0.5, 0.6) is 0 Å². The standard InChI is InChI=1S/C12H18N4O2/c1-9-5-11(16(17)18)12(13-6-9)14-7-10-3-4-15(2)8-10/h5-6,10H,3-4,7-8H2,1-2H3,(H,13,14). The second kappa shape index (κ2) is 5.30. The molecular weight excluding hydrogens is 232 g/mol. The second-order valence-corrected chi connectivity index (χ2v) is 4.94. The summed E-state index contributed by atoms with van der Waals surface area (Å²) in [6, 6.07) is 1.55. The molecule has 2 rings (SSSR count). The average molecular weight is 250 g/mol. The Bertz CT molecular complexity index is 450. The summed E-state index contributed by atoms with van der Waals surface area (Å²) in [6.45, 7) is 4.67. The van der Waals surface area contributed by atoms with Crippen molar-refractivity contribution in [3.63, 3.8) is 0 Å². The molecule has 1 aromatic rings. The molecule has 1 saturated heterocycles. The van der Waals surface area contributed by atoms with Crippen LogP contribution in [-0.4, -0.2) is 41.5 Å². The van der Waals surface area contributed by atoms with Crippen molar-refractivity contribution in [1.29, 1.82) is 0 Å². The van der Waals surface area contributed by atoms with E-state index in [0.717, 1.165) is 31.6 Å². The fraction of sp³-hybridized carbons (Fsp3) is 0.583. The third-order valence-corrected chi connectivity index (χ3v) is 3.25. The molecule has 18 heavy (non-hydrogen) atoms. The number of rotatable bonds is 4. The fourth-order valence-electron chi connectivity index (χ4n) is 2.26. The molecule has 0 amide bonds. The zero-order valence-corrected chi connectivity index (χ0v) is 10.7. The van der Waals surface area contributed by atoms with Crippen LogP contribution in [-0.2, 0) is 0 Å². The van der Waals surface area contributed by atoms with E-state index in [4.69, 9.17) is 0 Å². The molecule has 1 aromatic heterocycles. The monoisotopic (exact) mass is 250 g/mol.